The lowest BCUT2D eigenvalue weighted by Crippen LogP contribution is -2.48. The van der Waals surface area contributed by atoms with Crippen molar-refractivity contribution in [1.29, 1.82) is 0 Å². The lowest BCUT2D eigenvalue weighted by atomic mass is 10.0. The molecule has 1 heterocycles. The Morgan fingerprint density at radius 1 is 1.40 bits per heavy atom. The fraction of sp³-hybridized carbons (Fsp3) is 0.571. The summed E-state index contributed by atoms with van der Waals surface area (Å²) >= 11 is 0. The molecule has 1 atom stereocenters. The Hall–Kier alpha value is -1.85. The first kappa shape index (κ1) is 19.5. The van der Waals surface area contributed by atoms with Crippen LogP contribution in [0.3, 0.4) is 0 Å². The van der Waals surface area contributed by atoms with Crippen LogP contribution in [-0.2, 0) is 10.0 Å². The second-order valence-corrected chi connectivity index (χ2v) is 7.48. The normalized spacial score (nSPS) is 19.1. The summed E-state index contributed by atoms with van der Waals surface area (Å²) in [7, 11) is -4.06. The van der Waals surface area contributed by atoms with Crippen LogP contribution in [0.25, 0.3) is 0 Å². The molecule has 0 radical (unpaired) electrons. The van der Waals surface area contributed by atoms with Crippen LogP contribution >= 0.6 is 0 Å². The summed E-state index contributed by atoms with van der Waals surface area (Å²) in [5.41, 5.74) is -0.280. The summed E-state index contributed by atoms with van der Waals surface area (Å²) in [4.78, 5) is 11.8. The van der Waals surface area contributed by atoms with E-state index in [1.54, 1.807) is 4.90 Å². The molecule has 2 rings (SSSR count). The Morgan fingerprint density at radius 2 is 2.08 bits per heavy atom. The first-order chi connectivity index (χ1) is 11.8. The second kappa shape index (κ2) is 8.02. The molecule has 0 saturated carbocycles. The predicted octanol–water partition coefficient (Wildman–Crippen LogP) is 1.43. The molecule has 8 nitrogen and oxygen atoms in total. The summed E-state index contributed by atoms with van der Waals surface area (Å²) in [6, 6.07) is 2.29. The van der Waals surface area contributed by atoms with E-state index in [2.05, 4.69) is 5.32 Å². The molecular formula is C14H20F2N4O4S. The van der Waals surface area contributed by atoms with Crippen molar-refractivity contribution in [2.75, 3.05) is 31.8 Å². The second-order valence-electron chi connectivity index (χ2n) is 5.92. The zero-order valence-corrected chi connectivity index (χ0v) is 14.2. The largest absolute Gasteiger partial charge is 0.375 e. The fourth-order valence-corrected chi connectivity index (χ4v) is 3.41. The summed E-state index contributed by atoms with van der Waals surface area (Å²) in [6.45, 7) is -0.700. The van der Waals surface area contributed by atoms with Gasteiger partial charge in [0.25, 0.3) is 5.69 Å². The van der Waals surface area contributed by atoms with Gasteiger partial charge in [0.15, 0.2) is 0 Å². The van der Waals surface area contributed by atoms with Gasteiger partial charge >= 0.3 is 0 Å². The Kier molecular flexibility index (Phi) is 6.25. The molecule has 0 bridgehead atoms. The molecular weight excluding hydrogens is 358 g/mol. The average Bonchev–Trinajstić information content (AvgIpc) is 2.55. The van der Waals surface area contributed by atoms with Crippen molar-refractivity contribution >= 4 is 21.4 Å². The molecule has 0 aliphatic carbocycles. The molecule has 25 heavy (non-hydrogen) atoms. The van der Waals surface area contributed by atoms with Crippen molar-refractivity contribution in [2.45, 2.75) is 29.8 Å². The van der Waals surface area contributed by atoms with Crippen LogP contribution in [-0.4, -0.2) is 56.8 Å². The number of nitrogens with two attached hydrogens (primary N) is 1. The maximum atomic E-state index is 12.9. The molecule has 140 valence electrons. The van der Waals surface area contributed by atoms with Crippen LogP contribution in [0.5, 0.6) is 0 Å². The standard InChI is InChI=1S/C14H20F2N4O4S/c15-7-11(8-16)19-5-1-2-10(9-19)18-13-4-3-12(25(17,23)24)6-14(13)20(21)22/h3-4,6,10-11,18H,1-2,5,7-9H2,(H2,17,23,24). The first-order valence-electron chi connectivity index (χ1n) is 7.70. The van der Waals surface area contributed by atoms with Gasteiger partial charge in [-0.15, -0.1) is 0 Å². The van der Waals surface area contributed by atoms with E-state index in [1.807, 2.05) is 0 Å². The summed E-state index contributed by atoms with van der Waals surface area (Å²) in [6.07, 6.45) is 1.37. The Bertz CT molecular complexity index is 728. The van der Waals surface area contributed by atoms with Gasteiger partial charge in [0.1, 0.15) is 19.0 Å². The number of likely N-dealkylation sites (tertiary alicyclic amines) is 1. The smallest absolute Gasteiger partial charge is 0.293 e. The number of hydrogen-bond donors (Lipinski definition) is 2. The number of nitrogens with one attached hydrogen (secondary N) is 1. The highest BCUT2D eigenvalue weighted by Gasteiger charge is 2.28. The number of nitrogens with zero attached hydrogens (tertiary/aromatic N) is 2. The third kappa shape index (κ3) is 4.83. The number of rotatable bonds is 7. The number of benzene rings is 1. The van der Waals surface area contributed by atoms with Gasteiger partial charge in [0, 0.05) is 18.7 Å². The van der Waals surface area contributed by atoms with Gasteiger partial charge < -0.3 is 5.32 Å². The zero-order chi connectivity index (χ0) is 18.6. The molecule has 1 aliphatic rings. The minimum absolute atomic E-state index is 0.140. The van der Waals surface area contributed by atoms with Crippen LogP contribution in [0.2, 0.25) is 0 Å². The van der Waals surface area contributed by atoms with Gasteiger partial charge in [0.2, 0.25) is 10.0 Å². The molecule has 0 spiro atoms. The number of piperidine rings is 1. The van der Waals surface area contributed by atoms with Crippen molar-refractivity contribution in [2.24, 2.45) is 5.14 Å². The molecule has 0 aromatic heterocycles. The van der Waals surface area contributed by atoms with Gasteiger partial charge in [-0.3, -0.25) is 15.0 Å². The molecule has 11 heteroatoms. The molecule has 1 saturated heterocycles. The first-order valence-corrected chi connectivity index (χ1v) is 9.24. The highest BCUT2D eigenvalue weighted by molar-refractivity contribution is 7.89. The molecule has 3 N–H and O–H groups in total. The number of nitro benzene ring substituents is 1. The van der Waals surface area contributed by atoms with Gasteiger partial charge in [-0.25, -0.2) is 22.3 Å². The Balaban J connectivity index is 2.20. The lowest BCUT2D eigenvalue weighted by molar-refractivity contribution is -0.384. The van der Waals surface area contributed by atoms with Crippen molar-refractivity contribution < 1.29 is 22.1 Å². The van der Waals surface area contributed by atoms with Crippen LogP contribution < -0.4 is 10.5 Å². The SMILES string of the molecule is NS(=O)(=O)c1ccc(NC2CCCN(C(CF)CF)C2)c([N+](=O)[O-])c1. The van der Waals surface area contributed by atoms with Gasteiger partial charge in [0.05, 0.1) is 15.9 Å². The molecule has 1 fully saturated rings. The maximum absolute atomic E-state index is 12.9. The third-order valence-corrected chi connectivity index (χ3v) is 5.09. The Morgan fingerprint density at radius 3 is 2.64 bits per heavy atom. The summed E-state index contributed by atoms with van der Waals surface area (Å²) in [5, 5.41) is 19.2. The predicted molar refractivity (Wildman–Crippen MR) is 88.4 cm³/mol. The topological polar surface area (TPSA) is 119 Å². The lowest BCUT2D eigenvalue weighted by Gasteiger charge is -2.36. The van der Waals surface area contributed by atoms with E-state index in [9.17, 15) is 27.3 Å². The van der Waals surface area contributed by atoms with Crippen LogP contribution in [0.4, 0.5) is 20.2 Å². The number of anilines is 1. The minimum Gasteiger partial charge on any atom is -0.375 e. The van der Waals surface area contributed by atoms with Crippen molar-refractivity contribution in [3.63, 3.8) is 0 Å². The molecule has 1 aliphatic heterocycles. The van der Waals surface area contributed by atoms with E-state index >= 15 is 0 Å². The Labute approximate surface area is 144 Å². The number of primary sulfonamides is 1. The van der Waals surface area contributed by atoms with E-state index in [-0.39, 0.29) is 16.6 Å². The molecule has 1 aromatic carbocycles. The van der Waals surface area contributed by atoms with Crippen LogP contribution in [0.15, 0.2) is 23.1 Å². The number of nitro groups is 1. The van der Waals surface area contributed by atoms with Gasteiger partial charge in [-0.2, -0.15) is 0 Å². The summed E-state index contributed by atoms with van der Waals surface area (Å²) < 4.78 is 48.4. The third-order valence-electron chi connectivity index (χ3n) is 4.18. The average molecular weight is 378 g/mol. The van der Waals surface area contributed by atoms with Crippen LogP contribution in [0, 0.1) is 10.1 Å². The number of sulfonamides is 1. The quantitative estimate of drug-likeness (QED) is 0.547. The van der Waals surface area contributed by atoms with E-state index in [4.69, 9.17) is 5.14 Å². The van der Waals surface area contributed by atoms with Crippen LogP contribution in [0.1, 0.15) is 12.8 Å². The molecule has 0 amide bonds. The number of halogens is 2. The van der Waals surface area contributed by atoms with Crippen molar-refractivity contribution in [3.8, 4) is 0 Å². The monoisotopic (exact) mass is 378 g/mol. The number of alkyl halides is 2. The minimum atomic E-state index is -4.06. The van der Waals surface area contributed by atoms with E-state index < -0.39 is 40.0 Å². The van der Waals surface area contributed by atoms with Crippen molar-refractivity contribution in [3.05, 3.63) is 28.3 Å². The van der Waals surface area contributed by atoms with Gasteiger partial charge in [-0.1, -0.05) is 0 Å². The zero-order valence-electron chi connectivity index (χ0n) is 13.4. The fourth-order valence-electron chi connectivity index (χ4n) is 2.87. The van der Waals surface area contributed by atoms with Gasteiger partial charge in [-0.05, 0) is 31.5 Å². The van der Waals surface area contributed by atoms with E-state index in [1.165, 1.54) is 12.1 Å². The summed E-state index contributed by atoms with van der Waals surface area (Å²) in [5.74, 6) is 0. The van der Waals surface area contributed by atoms with E-state index in [0.717, 1.165) is 6.07 Å². The maximum Gasteiger partial charge on any atom is 0.293 e. The van der Waals surface area contributed by atoms with Crippen molar-refractivity contribution in [1.82, 2.24) is 4.90 Å². The van der Waals surface area contributed by atoms with E-state index in [0.29, 0.717) is 25.9 Å². The molecule has 1 unspecified atom stereocenters. The highest BCUT2D eigenvalue weighted by atomic mass is 32.2. The number of hydrogen-bond acceptors (Lipinski definition) is 6. The molecule has 1 aromatic rings. The highest BCUT2D eigenvalue weighted by Crippen LogP contribution is 2.29.